The lowest BCUT2D eigenvalue weighted by Crippen LogP contribution is -2.20. The van der Waals surface area contributed by atoms with Crippen LogP contribution in [0.2, 0.25) is 0 Å². The molecule has 1 N–H and O–H groups in total. The van der Waals surface area contributed by atoms with E-state index in [9.17, 15) is 14.9 Å². The molecule has 0 saturated carbocycles. The van der Waals surface area contributed by atoms with E-state index in [4.69, 9.17) is 4.74 Å². The van der Waals surface area contributed by atoms with Crippen LogP contribution in [0.15, 0.2) is 40.9 Å². The van der Waals surface area contributed by atoms with Crippen molar-refractivity contribution >= 4 is 33.2 Å². The summed E-state index contributed by atoms with van der Waals surface area (Å²) in [5.74, 6) is 0.200. The predicted molar refractivity (Wildman–Crippen MR) is 90.8 cm³/mol. The van der Waals surface area contributed by atoms with Crippen molar-refractivity contribution in [1.29, 1.82) is 0 Å². The molecule has 0 heterocycles. The molecule has 1 amide bonds. The lowest BCUT2D eigenvalue weighted by molar-refractivity contribution is -0.385. The van der Waals surface area contributed by atoms with Crippen LogP contribution in [0.5, 0.6) is 5.75 Å². The Balaban J connectivity index is 2.01. The highest BCUT2D eigenvalue weighted by Crippen LogP contribution is 2.25. The maximum Gasteiger partial charge on any atom is 0.274 e. The highest BCUT2D eigenvalue weighted by molar-refractivity contribution is 9.10. The zero-order valence-corrected chi connectivity index (χ0v) is 14.2. The van der Waals surface area contributed by atoms with Gasteiger partial charge in [0.2, 0.25) is 0 Å². The zero-order chi connectivity index (χ0) is 17.0. The van der Waals surface area contributed by atoms with Gasteiger partial charge in [0.15, 0.2) is 6.61 Å². The second-order valence-corrected chi connectivity index (χ2v) is 5.81. The number of nitro groups is 1. The van der Waals surface area contributed by atoms with E-state index in [0.29, 0.717) is 17.0 Å². The van der Waals surface area contributed by atoms with Crippen LogP contribution < -0.4 is 10.1 Å². The summed E-state index contributed by atoms with van der Waals surface area (Å²) in [6.45, 7) is 3.33. The van der Waals surface area contributed by atoms with Gasteiger partial charge in [0.1, 0.15) is 5.75 Å². The largest absolute Gasteiger partial charge is 0.484 e. The summed E-state index contributed by atoms with van der Waals surface area (Å²) < 4.78 is 6.39. The van der Waals surface area contributed by atoms with Crippen LogP contribution in [-0.2, 0) is 4.79 Å². The van der Waals surface area contributed by atoms with Gasteiger partial charge in [-0.3, -0.25) is 14.9 Å². The summed E-state index contributed by atoms with van der Waals surface area (Å²) in [5.41, 5.74) is 1.77. The van der Waals surface area contributed by atoms with Crippen molar-refractivity contribution < 1.29 is 14.5 Å². The predicted octanol–water partition coefficient (Wildman–Crippen LogP) is 3.99. The lowest BCUT2D eigenvalue weighted by Gasteiger charge is -2.10. The van der Waals surface area contributed by atoms with Crippen molar-refractivity contribution in [1.82, 2.24) is 0 Å². The third-order valence-corrected chi connectivity index (χ3v) is 4.17. The fraction of sp³-hybridized carbons (Fsp3) is 0.188. The molecular weight excluding hydrogens is 364 g/mol. The monoisotopic (exact) mass is 378 g/mol. The summed E-state index contributed by atoms with van der Waals surface area (Å²) in [7, 11) is 0. The van der Waals surface area contributed by atoms with Gasteiger partial charge in [-0.15, -0.1) is 0 Å². The van der Waals surface area contributed by atoms with E-state index in [0.717, 1.165) is 10.0 Å². The highest BCUT2D eigenvalue weighted by atomic mass is 79.9. The second-order valence-electron chi connectivity index (χ2n) is 4.95. The number of nitrogens with zero attached hydrogens (tertiary/aromatic N) is 1. The smallest absolute Gasteiger partial charge is 0.274 e. The molecular formula is C16H15BrN2O4. The van der Waals surface area contributed by atoms with Crippen molar-refractivity contribution in [3.05, 3.63) is 62.1 Å². The maximum atomic E-state index is 12.0. The number of rotatable bonds is 5. The average molecular weight is 379 g/mol. The number of carbonyl (C=O) groups excluding carboxylic acids is 1. The van der Waals surface area contributed by atoms with Gasteiger partial charge in [-0.2, -0.15) is 0 Å². The molecule has 0 aliphatic carbocycles. The Morgan fingerprint density at radius 2 is 2.04 bits per heavy atom. The fourth-order valence-corrected chi connectivity index (χ4v) is 2.25. The normalized spacial score (nSPS) is 10.2. The number of nitro benzene ring substituents is 1. The van der Waals surface area contributed by atoms with Crippen LogP contribution in [-0.4, -0.2) is 17.4 Å². The highest BCUT2D eigenvalue weighted by Gasteiger charge is 2.15. The molecule has 0 aliphatic rings. The number of aryl methyl sites for hydroxylation is 1. The van der Waals surface area contributed by atoms with Crippen molar-refractivity contribution in [3.63, 3.8) is 0 Å². The molecule has 0 fully saturated rings. The quantitative estimate of drug-likeness (QED) is 0.629. The van der Waals surface area contributed by atoms with Gasteiger partial charge in [0.25, 0.3) is 11.6 Å². The molecule has 0 atom stereocenters. The first kappa shape index (κ1) is 17.0. The van der Waals surface area contributed by atoms with Crippen molar-refractivity contribution in [2.24, 2.45) is 0 Å². The van der Waals surface area contributed by atoms with Gasteiger partial charge in [-0.25, -0.2) is 0 Å². The third kappa shape index (κ3) is 4.29. The van der Waals surface area contributed by atoms with E-state index >= 15 is 0 Å². The summed E-state index contributed by atoms with van der Waals surface area (Å²) in [5, 5.41) is 13.5. The molecule has 6 nitrogen and oxygen atoms in total. The molecule has 0 aromatic heterocycles. The van der Waals surface area contributed by atoms with Gasteiger partial charge in [-0.1, -0.05) is 22.0 Å². The van der Waals surface area contributed by atoms with Gasteiger partial charge < -0.3 is 10.1 Å². The van der Waals surface area contributed by atoms with Crippen LogP contribution in [0, 0.1) is 24.0 Å². The van der Waals surface area contributed by atoms with Crippen LogP contribution >= 0.6 is 15.9 Å². The van der Waals surface area contributed by atoms with E-state index in [2.05, 4.69) is 21.2 Å². The molecule has 0 unspecified atom stereocenters. The zero-order valence-electron chi connectivity index (χ0n) is 12.6. The molecule has 7 heteroatoms. The fourth-order valence-electron chi connectivity index (χ4n) is 2.00. The number of ether oxygens (including phenoxy) is 1. The Bertz CT molecular complexity index is 762. The first-order valence-corrected chi connectivity index (χ1v) is 7.60. The van der Waals surface area contributed by atoms with Crippen LogP contribution in [0.4, 0.5) is 11.4 Å². The van der Waals surface area contributed by atoms with E-state index in [1.807, 2.05) is 19.1 Å². The Hall–Kier alpha value is -2.41. The first-order valence-electron chi connectivity index (χ1n) is 6.81. The minimum atomic E-state index is -0.480. The number of hydrogen-bond acceptors (Lipinski definition) is 4. The lowest BCUT2D eigenvalue weighted by atomic mass is 10.1. The molecule has 0 aliphatic heterocycles. The number of hydrogen-bond donors (Lipinski definition) is 1. The Kier molecular flexibility index (Phi) is 5.33. The number of halogens is 1. The second kappa shape index (κ2) is 7.23. The van der Waals surface area contributed by atoms with Gasteiger partial charge in [0, 0.05) is 10.5 Å². The molecule has 120 valence electrons. The van der Waals surface area contributed by atoms with Gasteiger partial charge in [0.05, 0.1) is 16.2 Å². The Morgan fingerprint density at radius 1 is 1.30 bits per heavy atom. The number of amides is 1. The van der Waals surface area contributed by atoms with Crippen LogP contribution in [0.3, 0.4) is 0 Å². The first-order chi connectivity index (χ1) is 10.9. The van der Waals surface area contributed by atoms with Crippen LogP contribution in [0.25, 0.3) is 0 Å². The number of carbonyl (C=O) groups is 1. The summed E-state index contributed by atoms with van der Waals surface area (Å²) in [6.07, 6.45) is 0. The summed E-state index contributed by atoms with van der Waals surface area (Å²) in [6, 6.07) is 9.95. The van der Waals surface area contributed by atoms with Gasteiger partial charge >= 0.3 is 0 Å². The molecule has 2 aromatic rings. The third-order valence-electron chi connectivity index (χ3n) is 3.28. The van der Waals surface area contributed by atoms with E-state index in [1.165, 1.54) is 12.1 Å². The van der Waals surface area contributed by atoms with E-state index < -0.39 is 4.92 Å². The summed E-state index contributed by atoms with van der Waals surface area (Å²) in [4.78, 5) is 22.4. The standard InChI is InChI=1S/C16H15BrN2O4/c1-10-8-12(6-7-13(10)17)23-9-16(20)18-14-4-3-5-15(11(14)2)19(21)22/h3-8H,9H2,1-2H3,(H,18,20). The topological polar surface area (TPSA) is 81.5 Å². The molecule has 2 rings (SSSR count). The molecule has 23 heavy (non-hydrogen) atoms. The maximum absolute atomic E-state index is 12.0. The van der Waals surface area contributed by atoms with Crippen molar-refractivity contribution in [2.45, 2.75) is 13.8 Å². The molecule has 2 aromatic carbocycles. The number of nitrogens with one attached hydrogen (secondary N) is 1. The molecule has 0 spiro atoms. The van der Waals surface area contributed by atoms with Gasteiger partial charge in [-0.05, 0) is 43.7 Å². The summed E-state index contributed by atoms with van der Waals surface area (Å²) >= 11 is 3.39. The number of anilines is 1. The average Bonchev–Trinajstić information content (AvgIpc) is 2.50. The van der Waals surface area contributed by atoms with E-state index in [1.54, 1.807) is 19.1 Å². The van der Waals surface area contributed by atoms with E-state index in [-0.39, 0.29) is 18.2 Å². The molecule has 0 radical (unpaired) electrons. The Morgan fingerprint density at radius 3 is 2.70 bits per heavy atom. The number of benzene rings is 2. The van der Waals surface area contributed by atoms with Crippen molar-refractivity contribution in [2.75, 3.05) is 11.9 Å². The SMILES string of the molecule is Cc1cc(OCC(=O)Nc2cccc([N+](=O)[O-])c2C)ccc1Br. The molecule has 0 bridgehead atoms. The molecule has 0 saturated heterocycles. The minimum Gasteiger partial charge on any atom is -0.484 e. The van der Waals surface area contributed by atoms with Crippen molar-refractivity contribution in [3.8, 4) is 5.75 Å². The Labute approximate surface area is 141 Å². The minimum absolute atomic E-state index is 0.0350. The van der Waals surface area contributed by atoms with Crippen LogP contribution in [0.1, 0.15) is 11.1 Å².